The van der Waals surface area contributed by atoms with Crippen LogP contribution in [-0.2, 0) is 19.3 Å². The lowest BCUT2D eigenvalue weighted by molar-refractivity contribution is 0.0685. The molecule has 14 heteroatoms. The highest BCUT2D eigenvalue weighted by Gasteiger charge is 2.25. The van der Waals surface area contributed by atoms with Crippen LogP contribution >= 0.6 is 0 Å². The van der Waals surface area contributed by atoms with E-state index in [-0.39, 0.29) is 23.9 Å². The van der Waals surface area contributed by atoms with E-state index in [2.05, 4.69) is 79.0 Å². The van der Waals surface area contributed by atoms with Crippen LogP contribution in [-0.4, -0.2) is 56.7 Å². The average Bonchev–Trinajstić information content (AvgIpc) is 4.10. The van der Waals surface area contributed by atoms with E-state index in [1.54, 1.807) is 49.1 Å². The molecule has 0 amide bonds. The molecule has 2 aromatic carbocycles. The molecular formula is C43H37N9O5. The van der Waals surface area contributed by atoms with Gasteiger partial charge in [-0.2, -0.15) is 10.2 Å². The molecule has 2 unspecified atom stereocenters. The summed E-state index contributed by atoms with van der Waals surface area (Å²) < 4.78 is 14.0. The first-order chi connectivity index (χ1) is 27.9. The van der Waals surface area contributed by atoms with E-state index in [0.717, 1.165) is 36.9 Å². The first-order valence-corrected chi connectivity index (χ1v) is 18.4. The van der Waals surface area contributed by atoms with Gasteiger partial charge in [0.15, 0.2) is 28.7 Å². The van der Waals surface area contributed by atoms with E-state index in [9.17, 15) is 9.59 Å². The summed E-state index contributed by atoms with van der Waals surface area (Å²) in [6.45, 7) is 0. The molecule has 0 radical (unpaired) electrons. The Hall–Kier alpha value is -7.48. The van der Waals surface area contributed by atoms with Crippen molar-refractivity contribution in [2.75, 3.05) is 5.73 Å². The van der Waals surface area contributed by atoms with Gasteiger partial charge in [-0.05, 0) is 77.8 Å². The number of nitrogens with two attached hydrogens (primary N) is 1. The second-order valence-corrected chi connectivity index (χ2v) is 13.6. The van der Waals surface area contributed by atoms with Crippen molar-refractivity contribution in [2.24, 2.45) is 0 Å². The van der Waals surface area contributed by atoms with Crippen LogP contribution in [0.5, 0.6) is 0 Å². The molecule has 3 N–H and O–H groups in total. The lowest BCUT2D eigenvalue weighted by Gasteiger charge is -2.11. The number of pyridine rings is 2. The first-order valence-electron chi connectivity index (χ1n) is 18.4. The summed E-state index contributed by atoms with van der Waals surface area (Å²) in [5.74, 6) is -0.376. The number of Topliss-reactive ketones (excluding diaryl/α,β-unsaturated/α-hetero) is 1. The van der Waals surface area contributed by atoms with Crippen LogP contribution < -0.4 is 5.73 Å². The zero-order chi connectivity index (χ0) is 39.1. The number of carbonyl (C=O) groups excluding carboxylic acids is 1. The van der Waals surface area contributed by atoms with Crippen LogP contribution in [0.25, 0.3) is 22.9 Å². The summed E-state index contributed by atoms with van der Waals surface area (Å²) in [5.41, 5.74) is 14.2. The van der Waals surface area contributed by atoms with Gasteiger partial charge in [-0.15, -0.1) is 0 Å². The number of aromatic carboxylic acids is 1. The van der Waals surface area contributed by atoms with Crippen molar-refractivity contribution in [2.45, 2.75) is 44.2 Å². The highest BCUT2D eigenvalue weighted by molar-refractivity contribution is 5.96. The monoisotopic (exact) mass is 759 g/mol. The van der Waals surface area contributed by atoms with Crippen molar-refractivity contribution in [3.63, 3.8) is 0 Å². The smallest absolute Gasteiger partial charge is 0.358 e. The third-order valence-electron chi connectivity index (χ3n) is 9.84. The zero-order valence-electron chi connectivity index (χ0n) is 30.6. The quantitative estimate of drug-likeness (QED) is 0.147. The molecule has 0 fully saturated rings. The molecule has 2 aliphatic rings. The van der Waals surface area contributed by atoms with Crippen molar-refractivity contribution in [3.05, 3.63) is 173 Å². The van der Waals surface area contributed by atoms with Crippen molar-refractivity contribution < 1.29 is 23.7 Å². The minimum absolute atomic E-state index is 0.0997. The van der Waals surface area contributed by atoms with Crippen LogP contribution in [0.1, 0.15) is 73.7 Å². The van der Waals surface area contributed by atoms with Gasteiger partial charge in [-0.25, -0.2) is 4.79 Å². The van der Waals surface area contributed by atoms with Crippen LogP contribution in [0.4, 0.5) is 5.69 Å². The number of hydrogen-bond donors (Lipinski definition) is 2. The molecule has 2 atom stereocenters. The lowest BCUT2D eigenvalue weighted by atomic mass is 10.1. The number of anilines is 1. The Morgan fingerprint density at radius 3 is 1.74 bits per heavy atom. The normalized spacial score (nSPS) is 15.1. The second-order valence-electron chi connectivity index (χ2n) is 13.6. The van der Waals surface area contributed by atoms with Gasteiger partial charge in [0.2, 0.25) is 0 Å². The number of rotatable bonds is 8. The number of aromatic nitrogens is 8. The van der Waals surface area contributed by atoms with Gasteiger partial charge < -0.3 is 19.9 Å². The average molecular weight is 760 g/mol. The summed E-state index contributed by atoms with van der Waals surface area (Å²) >= 11 is 0. The van der Waals surface area contributed by atoms with E-state index in [4.69, 9.17) is 19.9 Å². The predicted octanol–water partition coefficient (Wildman–Crippen LogP) is 7.33. The Labute approximate surface area is 326 Å². The molecule has 0 aliphatic heterocycles. The van der Waals surface area contributed by atoms with E-state index in [1.165, 1.54) is 28.3 Å². The molecule has 6 aromatic heterocycles. The van der Waals surface area contributed by atoms with Gasteiger partial charge >= 0.3 is 5.97 Å². The van der Waals surface area contributed by atoms with Crippen molar-refractivity contribution in [1.82, 2.24) is 39.8 Å². The highest BCUT2D eigenvalue weighted by Crippen LogP contribution is 2.35. The number of carboxylic acids is 1. The van der Waals surface area contributed by atoms with Crippen molar-refractivity contribution >= 4 is 17.4 Å². The summed E-state index contributed by atoms with van der Waals surface area (Å²) in [7, 11) is 0. The third-order valence-corrected chi connectivity index (χ3v) is 9.84. The minimum Gasteiger partial charge on any atom is -0.476 e. The van der Waals surface area contributed by atoms with Gasteiger partial charge in [0.05, 0.1) is 30.2 Å². The maximum absolute atomic E-state index is 12.6. The Morgan fingerprint density at radius 2 is 1.21 bits per heavy atom. The lowest BCUT2D eigenvalue weighted by Crippen LogP contribution is -2.08. The maximum Gasteiger partial charge on any atom is 0.358 e. The molecule has 8 aromatic rings. The SMILES string of the molecule is Nc1cnn(C2CCc3ccccc32)c1.O=C(Cc1cnn(C2CCc3ccccc32)c1)c1cc(-c2ccccn2)on1.O=C(O)c1cc(-c2ccccn2)on1. The molecular weight excluding hydrogens is 723 g/mol. The molecule has 14 nitrogen and oxygen atoms in total. The molecule has 0 spiro atoms. The van der Waals surface area contributed by atoms with Gasteiger partial charge in [0, 0.05) is 43.3 Å². The Morgan fingerprint density at radius 1 is 0.684 bits per heavy atom. The molecule has 10 rings (SSSR count). The number of ketones is 1. The number of nitrogen functional groups attached to an aromatic ring is 1. The number of fused-ring (bicyclic) bond motifs is 2. The fourth-order valence-electron chi connectivity index (χ4n) is 7.10. The highest BCUT2D eigenvalue weighted by atomic mass is 16.5. The van der Waals surface area contributed by atoms with Gasteiger partial charge in [-0.1, -0.05) is 71.0 Å². The number of aryl methyl sites for hydroxylation is 2. The molecule has 57 heavy (non-hydrogen) atoms. The van der Waals surface area contributed by atoms with Crippen LogP contribution in [0.3, 0.4) is 0 Å². The van der Waals surface area contributed by atoms with Gasteiger partial charge in [0.1, 0.15) is 11.4 Å². The van der Waals surface area contributed by atoms with Crippen molar-refractivity contribution in [3.8, 4) is 22.9 Å². The third kappa shape index (κ3) is 8.29. The van der Waals surface area contributed by atoms with Gasteiger partial charge in [-0.3, -0.25) is 24.1 Å². The number of hydrogen-bond acceptors (Lipinski definition) is 11. The molecule has 284 valence electrons. The number of carbonyl (C=O) groups is 2. The minimum atomic E-state index is -1.11. The summed E-state index contributed by atoms with van der Waals surface area (Å²) in [6.07, 6.45) is 15.2. The molecule has 0 saturated heterocycles. The van der Waals surface area contributed by atoms with E-state index in [1.807, 2.05) is 40.0 Å². The molecule has 2 aliphatic carbocycles. The standard InChI is InChI=1S/C22H18N4O2.C12H13N3.C9H6N2O3/c27-21(19-12-22(28-25-19)18-7-3-4-10-23-18)11-15-13-24-26(14-15)20-9-8-16-5-1-2-6-17(16)20;13-10-7-14-15(8-10)12-6-5-9-3-1-2-4-11(9)12;12-9(13)7-5-8(14-11-7)6-3-1-2-4-10-6/h1-7,10,12-14,20H,8-9,11H2;1-4,7-8,12H,5-6,13H2;1-5H,(H,12,13). The number of nitrogens with zero attached hydrogens (tertiary/aromatic N) is 8. The summed E-state index contributed by atoms with van der Waals surface area (Å²) in [4.78, 5) is 31.3. The fourth-order valence-corrected chi connectivity index (χ4v) is 7.10. The van der Waals surface area contributed by atoms with Crippen molar-refractivity contribution in [1.29, 1.82) is 0 Å². The van der Waals surface area contributed by atoms with E-state index < -0.39 is 5.97 Å². The summed E-state index contributed by atoms with van der Waals surface area (Å²) in [6, 6.07) is 31.4. The Kier molecular flexibility index (Phi) is 10.6. The zero-order valence-corrected chi connectivity index (χ0v) is 30.6. The van der Waals surface area contributed by atoms with E-state index in [0.29, 0.717) is 34.6 Å². The topological polar surface area (TPSA) is 194 Å². The van der Waals surface area contributed by atoms with Crippen LogP contribution in [0, 0.1) is 0 Å². The number of carboxylic acid groups (broad SMARTS) is 1. The Balaban J connectivity index is 0.000000132. The van der Waals surface area contributed by atoms with Crippen LogP contribution in [0.2, 0.25) is 0 Å². The van der Waals surface area contributed by atoms with E-state index >= 15 is 0 Å². The molecule has 0 bridgehead atoms. The van der Waals surface area contributed by atoms with Gasteiger partial charge in [0.25, 0.3) is 0 Å². The fraction of sp³-hybridized carbons (Fsp3) is 0.163. The summed E-state index contributed by atoms with van der Waals surface area (Å²) in [5, 5.41) is 24.7. The predicted molar refractivity (Wildman–Crippen MR) is 209 cm³/mol. The molecule has 0 saturated carbocycles. The second kappa shape index (κ2) is 16.5. The molecule has 6 heterocycles. The Bertz CT molecular complexity index is 2610. The maximum atomic E-state index is 12.6. The number of benzene rings is 2. The largest absolute Gasteiger partial charge is 0.476 e. The first kappa shape index (κ1) is 36.5. The van der Waals surface area contributed by atoms with Crippen LogP contribution in [0.15, 0.2) is 143 Å².